The van der Waals surface area contributed by atoms with Gasteiger partial charge in [-0.05, 0) is 38.0 Å². The van der Waals surface area contributed by atoms with E-state index >= 15 is 0 Å². The van der Waals surface area contributed by atoms with E-state index in [2.05, 4.69) is 10.6 Å². The summed E-state index contributed by atoms with van der Waals surface area (Å²) in [6.07, 6.45) is 4.54. The summed E-state index contributed by atoms with van der Waals surface area (Å²) in [6, 6.07) is 0.505. The smallest absolute Gasteiger partial charge is 0.237 e. The van der Waals surface area contributed by atoms with Gasteiger partial charge in [0.15, 0.2) is 0 Å². The molecule has 0 radical (unpaired) electrons. The molecule has 2 saturated heterocycles. The first kappa shape index (κ1) is 10.3. The van der Waals surface area contributed by atoms with Crippen molar-refractivity contribution in [1.82, 2.24) is 10.6 Å². The molecule has 14 heavy (non-hydrogen) atoms. The minimum Gasteiger partial charge on any atom is -0.351 e. The fourth-order valence-electron chi connectivity index (χ4n) is 2.06. The second kappa shape index (κ2) is 5.03. The Balaban J connectivity index is 1.75. The highest BCUT2D eigenvalue weighted by atomic mass is 32.2. The van der Waals surface area contributed by atoms with Crippen molar-refractivity contribution in [3.63, 3.8) is 0 Å². The Hall–Kier alpha value is -0.220. The zero-order valence-corrected chi connectivity index (χ0v) is 9.24. The van der Waals surface area contributed by atoms with Gasteiger partial charge < -0.3 is 10.6 Å². The predicted octanol–water partition coefficient (Wildman–Crippen LogP) is 0.750. The average molecular weight is 214 g/mol. The fourth-order valence-corrected chi connectivity index (χ4v) is 3.14. The van der Waals surface area contributed by atoms with Crippen LogP contribution in [-0.2, 0) is 4.79 Å². The zero-order valence-electron chi connectivity index (χ0n) is 8.42. The van der Waals surface area contributed by atoms with Crippen LogP contribution >= 0.6 is 11.8 Å². The summed E-state index contributed by atoms with van der Waals surface area (Å²) < 4.78 is 0. The molecule has 0 aliphatic carbocycles. The average Bonchev–Trinajstić information content (AvgIpc) is 2.72. The maximum Gasteiger partial charge on any atom is 0.237 e. The molecule has 2 fully saturated rings. The Kier molecular flexibility index (Phi) is 3.70. The van der Waals surface area contributed by atoms with E-state index in [1.807, 2.05) is 11.8 Å². The zero-order chi connectivity index (χ0) is 9.80. The van der Waals surface area contributed by atoms with Crippen molar-refractivity contribution < 1.29 is 4.79 Å². The summed E-state index contributed by atoms with van der Waals surface area (Å²) in [5, 5.41) is 6.37. The molecular weight excluding hydrogens is 196 g/mol. The first-order chi connectivity index (χ1) is 6.86. The highest BCUT2D eigenvalue weighted by Crippen LogP contribution is 2.17. The Bertz CT molecular complexity index is 198. The second-order valence-electron chi connectivity index (χ2n) is 4.07. The van der Waals surface area contributed by atoms with Crippen molar-refractivity contribution in [2.45, 2.75) is 37.8 Å². The summed E-state index contributed by atoms with van der Waals surface area (Å²) in [5.41, 5.74) is 0. The number of thioether (sulfide) groups is 1. The van der Waals surface area contributed by atoms with Crippen LogP contribution in [0.2, 0.25) is 0 Å². The number of nitrogens with one attached hydrogen (secondary N) is 2. The van der Waals surface area contributed by atoms with Crippen molar-refractivity contribution in [3.8, 4) is 0 Å². The molecule has 2 atom stereocenters. The number of hydrogen-bond donors (Lipinski definition) is 2. The van der Waals surface area contributed by atoms with Crippen LogP contribution in [0.25, 0.3) is 0 Å². The molecular formula is C10H18N2OS. The van der Waals surface area contributed by atoms with Crippen LogP contribution in [-0.4, -0.2) is 36.0 Å². The molecule has 0 spiro atoms. The molecule has 0 bridgehead atoms. The normalized spacial score (nSPS) is 32.9. The Morgan fingerprint density at radius 2 is 2.29 bits per heavy atom. The molecule has 2 rings (SSSR count). The van der Waals surface area contributed by atoms with E-state index in [9.17, 15) is 4.79 Å². The van der Waals surface area contributed by atoms with Crippen molar-refractivity contribution in [1.29, 1.82) is 0 Å². The lowest BCUT2D eigenvalue weighted by Crippen LogP contribution is -2.46. The topological polar surface area (TPSA) is 41.1 Å². The molecule has 80 valence electrons. The van der Waals surface area contributed by atoms with Crippen molar-refractivity contribution in [2.24, 2.45) is 0 Å². The standard InChI is InChI=1S/C10H18N2OS/c13-10(9-4-1-5-11-9)12-8-3-2-6-14-7-8/h8-9,11H,1-7H2,(H,12,13). The Morgan fingerprint density at radius 3 is 2.93 bits per heavy atom. The van der Waals surface area contributed by atoms with Crippen LogP contribution in [0.3, 0.4) is 0 Å². The van der Waals surface area contributed by atoms with Gasteiger partial charge in [-0.15, -0.1) is 0 Å². The number of amides is 1. The lowest BCUT2D eigenvalue weighted by Gasteiger charge is -2.24. The summed E-state index contributed by atoms with van der Waals surface area (Å²) in [7, 11) is 0. The van der Waals surface area contributed by atoms with Crippen LogP contribution in [0.15, 0.2) is 0 Å². The second-order valence-corrected chi connectivity index (χ2v) is 5.22. The van der Waals surface area contributed by atoms with Crippen LogP contribution < -0.4 is 10.6 Å². The summed E-state index contributed by atoms with van der Waals surface area (Å²) in [6.45, 7) is 0.998. The highest BCUT2D eigenvalue weighted by Gasteiger charge is 2.24. The predicted molar refractivity (Wildman–Crippen MR) is 59.5 cm³/mol. The van der Waals surface area contributed by atoms with Gasteiger partial charge in [-0.1, -0.05) is 0 Å². The summed E-state index contributed by atoms with van der Waals surface area (Å²) in [4.78, 5) is 11.7. The molecule has 3 nitrogen and oxygen atoms in total. The van der Waals surface area contributed by atoms with Crippen LogP contribution in [0.4, 0.5) is 0 Å². The summed E-state index contributed by atoms with van der Waals surface area (Å²) in [5.74, 6) is 2.57. The molecule has 0 aromatic rings. The molecule has 2 heterocycles. The third kappa shape index (κ3) is 2.64. The monoisotopic (exact) mass is 214 g/mol. The van der Waals surface area contributed by atoms with E-state index in [4.69, 9.17) is 0 Å². The lowest BCUT2D eigenvalue weighted by molar-refractivity contribution is -0.123. The van der Waals surface area contributed by atoms with E-state index in [0.717, 1.165) is 31.6 Å². The fraction of sp³-hybridized carbons (Fsp3) is 0.900. The van der Waals surface area contributed by atoms with Gasteiger partial charge in [0, 0.05) is 11.8 Å². The maximum atomic E-state index is 11.7. The molecule has 1 amide bonds. The number of carbonyl (C=O) groups is 1. The molecule has 2 aliphatic heterocycles. The third-order valence-corrected chi connectivity index (χ3v) is 4.10. The molecule has 2 aliphatic rings. The van der Waals surface area contributed by atoms with Crippen LogP contribution in [0, 0.1) is 0 Å². The van der Waals surface area contributed by atoms with Gasteiger partial charge in [0.1, 0.15) is 0 Å². The Morgan fingerprint density at radius 1 is 1.36 bits per heavy atom. The molecule has 0 saturated carbocycles. The van der Waals surface area contributed by atoms with Crippen LogP contribution in [0.1, 0.15) is 25.7 Å². The van der Waals surface area contributed by atoms with Gasteiger partial charge in [0.25, 0.3) is 0 Å². The SMILES string of the molecule is O=C(NC1CCCSC1)C1CCCN1. The molecule has 2 unspecified atom stereocenters. The third-order valence-electron chi connectivity index (χ3n) is 2.88. The molecule has 0 aromatic heterocycles. The van der Waals surface area contributed by atoms with Gasteiger partial charge in [-0.25, -0.2) is 0 Å². The Labute approximate surface area is 89.4 Å². The van der Waals surface area contributed by atoms with E-state index in [0.29, 0.717) is 6.04 Å². The first-order valence-electron chi connectivity index (χ1n) is 5.48. The molecule has 0 aromatic carbocycles. The van der Waals surface area contributed by atoms with Gasteiger partial charge in [-0.2, -0.15) is 11.8 Å². The van der Waals surface area contributed by atoms with E-state index < -0.39 is 0 Å². The van der Waals surface area contributed by atoms with Gasteiger partial charge in [-0.3, -0.25) is 4.79 Å². The van der Waals surface area contributed by atoms with Gasteiger partial charge in [0.2, 0.25) is 5.91 Å². The first-order valence-corrected chi connectivity index (χ1v) is 6.63. The van der Waals surface area contributed by atoms with E-state index in [1.54, 1.807) is 0 Å². The van der Waals surface area contributed by atoms with Crippen LogP contribution in [0.5, 0.6) is 0 Å². The van der Waals surface area contributed by atoms with Crippen molar-refractivity contribution in [2.75, 3.05) is 18.1 Å². The lowest BCUT2D eigenvalue weighted by atomic mass is 10.1. The minimum absolute atomic E-state index is 0.0851. The number of carbonyl (C=O) groups excluding carboxylic acids is 1. The van der Waals surface area contributed by atoms with E-state index in [1.165, 1.54) is 12.2 Å². The summed E-state index contributed by atoms with van der Waals surface area (Å²) >= 11 is 1.95. The molecule has 2 N–H and O–H groups in total. The van der Waals surface area contributed by atoms with E-state index in [-0.39, 0.29) is 11.9 Å². The van der Waals surface area contributed by atoms with Gasteiger partial charge >= 0.3 is 0 Å². The highest BCUT2D eigenvalue weighted by molar-refractivity contribution is 7.99. The number of hydrogen-bond acceptors (Lipinski definition) is 3. The van der Waals surface area contributed by atoms with Crippen molar-refractivity contribution >= 4 is 17.7 Å². The largest absolute Gasteiger partial charge is 0.351 e. The quantitative estimate of drug-likeness (QED) is 0.713. The maximum absolute atomic E-state index is 11.7. The number of rotatable bonds is 2. The van der Waals surface area contributed by atoms with Gasteiger partial charge in [0.05, 0.1) is 6.04 Å². The minimum atomic E-state index is 0.0851. The molecule has 4 heteroatoms. The van der Waals surface area contributed by atoms with Crippen molar-refractivity contribution in [3.05, 3.63) is 0 Å².